The first-order chi connectivity index (χ1) is 10.5. The predicted octanol–water partition coefficient (Wildman–Crippen LogP) is 4.24. The van der Waals surface area contributed by atoms with Gasteiger partial charge in [0, 0.05) is 16.8 Å². The molecule has 0 atom stereocenters. The summed E-state index contributed by atoms with van der Waals surface area (Å²) < 4.78 is 36.5. The van der Waals surface area contributed by atoms with Crippen molar-refractivity contribution in [3.8, 4) is 28.8 Å². The molecule has 1 N–H and O–H groups in total. The van der Waals surface area contributed by atoms with Crippen LogP contribution in [-0.2, 0) is 0 Å². The van der Waals surface area contributed by atoms with Crippen LogP contribution in [0, 0.1) is 16.0 Å². The first kappa shape index (κ1) is 15.9. The van der Waals surface area contributed by atoms with Crippen LogP contribution >= 0.6 is 12.2 Å². The fraction of sp³-hybridized carbons (Fsp3) is 0.200. The Morgan fingerprint density at radius 1 is 1.18 bits per heavy atom. The van der Waals surface area contributed by atoms with E-state index < -0.39 is 12.0 Å². The summed E-state index contributed by atoms with van der Waals surface area (Å²) in [6, 6.07) is 7.91. The van der Waals surface area contributed by atoms with Crippen LogP contribution in [0.1, 0.15) is 17.6 Å². The number of alkyl halides is 2. The van der Waals surface area contributed by atoms with Crippen LogP contribution < -0.4 is 9.47 Å². The fourth-order valence-corrected chi connectivity index (χ4v) is 2.30. The highest BCUT2D eigenvalue weighted by molar-refractivity contribution is 7.71. The Morgan fingerprint density at radius 2 is 1.86 bits per heavy atom. The Balaban J connectivity index is 2.64. The zero-order valence-electron chi connectivity index (χ0n) is 11.8. The van der Waals surface area contributed by atoms with Crippen LogP contribution in [-0.4, -0.2) is 19.2 Å². The van der Waals surface area contributed by atoms with E-state index in [4.69, 9.17) is 27.0 Å². The number of nitriles is 1. The summed E-state index contributed by atoms with van der Waals surface area (Å²) in [6.45, 7) is 0. The van der Waals surface area contributed by atoms with Gasteiger partial charge in [-0.05, 0) is 24.3 Å². The van der Waals surface area contributed by atoms with Gasteiger partial charge in [0.05, 0.1) is 19.8 Å². The van der Waals surface area contributed by atoms with Crippen LogP contribution in [0.4, 0.5) is 8.78 Å². The monoisotopic (exact) mass is 322 g/mol. The molecule has 0 amide bonds. The van der Waals surface area contributed by atoms with Gasteiger partial charge in [-0.1, -0.05) is 12.2 Å². The van der Waals surface area contributed by atoms with Gasteiger partial charge in [-0.25, -0.2) is 8.78 Å². The molecular weight excluding hydrogens is 310 g/mol. The van der Waals surface area contributed by atoms with Crippen molar-refractivity contribution in [1.82, 2.24) is 4.98 Å². The molecule has 114 valence electrons. The minimum Gasteiger partial charge on any atom is -0.493 e. The average Bonchev–Trinajstić information content (AvgIpc) is 2.53. The fourth-order valence-electron chi connectivity index (χ4n) is 2.03. The number of nitrogens with zero attached hydrogens (tertiary/aromatic N) is 1. The van der Waals surface area contributed by atoms with Crippen molar-refractivity contribution in [2.45, 2.75) is 6.43 Å². The summed E-state index contributed by atoms with van der Waals surface area (Å²) in [7, 11) is 2.98. The molecule has 0 aliphatic carbocycles. The van der Waals surface area contributed by atoms with Crippen molar-refractivity contribution in [2.24, 2.45) is 0 Å². The number of ether oxygens (including phenoxy) is 2. The van der Waals surface area contributed by atoms with Crippen LogP contribution in [0.2, 0.25) is 0 Å². The van der Waals surface area contributed by atoms with E-state index in [2.05, 4.69) is 4.98 Å². The zero-order chi connectivity index (χ0) is 16.3. The number of hydrogen-bond donors (Lipinski definition) is 1. The number of aromatic nitrogens is 1. The topological polar surface area (TPSA) is 58.0 Å². The third-order valence-corrected chi connectivity index (χ3v) is 3.41. The first-order valence-corrected chi connectivity index (χ1v) is 6.60. The number of rotatable bonds is 4. The van der Waals surface area contributed by atoms with Crippen LogP contribution in [0.5, 0.6) is 11.5 Å². The summed E-state index contributed by atoms with van der Waals surface area (Å²) in [4.78, 5) is 2.79. The Kier molecular flexibility index (Phi) is 4.73. The third-order valence-electron chi connectivity index (χ3n) is 3.11. The summed E-state index contributed by atoms with van der Waals surface area (Å²) >= 11 is 4.99. The number of hydrogen-bond acceptors (Lipinski definition) is 4. The van der Waals surface area contributed by atoms with Crippen molar-refractivity contribution < 1.29 is 18.3 Å². The van der Waals surface area contributed by atoms with Gasteiger partial charge < -0.3 is 14.5 Å². The van der Waals surface area contributed by atoms with Crippen molar-refractivity contribution in [2.75, 3.05) is 14.2 Å². The molecule has 0 saturated carbocycles. The molecule has 0 radical (unpaired) electrons. The number of pyridine rings is 1. The molecule has 7 heteroatoms. The van der Waals surface area contributed by atoms with E-state index >= 15 is 0 Å². The van der Waals surface area contributed by atoms with Gasteiger partial charge in [-0.3, -0.25) is 0 Å². The predicted molar refractivity (Wildman–Crippen MR) is 79.8 cm³/mol. The molecule has 1 aromatic heterocycles. The van der Waals surface area contributed by atoms with E-state index in [0.29, 0.717) is 22.8 Å². The minimum absolute atomic E-state index is 0.0231. The lowest BCUT2D eigenvalue weighted by Gasteiger charge is -2.11. The summed E-state index contributed by atoms with van der Waals surface area (Å²) in [5, 5.41) is 8.95. The van der Waals surface area contributed by atoms with Crippen molar-refractivity contribution in [3.63, 3.8) is 0 Å². The molecule has 2 rings (SSSR count). The third kappa shape index (κ3) is 2.92. The van der Waals surface area contributed by atoms with Crippen LogP contribution in [0.3, 0.4) is 0 Å². The molecule has 0 unspecified atom stereocenters. The van der Waals surface area contributed by atoms with Gasteiger partial charge in [0.15, 0.2) is 11.5 Å². The number of benzene rings is 1. The van der Waals surface area contributed by atoms with Crippen LogP contribution in [0.25, 0.3) is 11.3 Å². The van der Waals surface area contributed by atoms with Crippen molar-refractivity contribution >= 4 is 12.2 Å². The van der Waals surface area contributed by atoms with Gasteiger partial charge in [0.1, 0.15) is 10.7 Å². The Labute approximate surface area is 130 Å². The summed E-state index contributed by atoms with van der Waals surface area (Å²) in [5.74, 6) is 0.981. The lowest BCUT2D eigenvalue weighted by atomic mass is 10.1. The molecule has 1 heterocycles. The van der Waals surface area contributed by atoms with Crippen LogP contribution in [0.15, 0.2) is 24.3 Å². The highest BCUT2D eigenvalue weighted by atomic mass is 32.1. The van der Waals surface area contributed by atoms with E-state index in [1.807, 2.05) is 0 Å². The molecule has 22 heavy (non-hydrogen) atoms. The van der Waals surface area contributed by atoms with Gasteiger partial charge in [-0.15, -0.1) is 0 Å². The lowest BCUT2D eigenvalue weighted by molar-refractivity contribution is 0.151. The van der Waals surface area contributed by atoms with Gasteiger partial charge >= 0.3 is 0 Å². The molecule has 4 nitrogen and oxygen atoms in total. The largest absolute Gasteiger partial charge is 0.493 e. The van der Waals surface area contributed by atoms with Gasteiger partial charge in [-0.2, -0.15) is 5.26 Å². The Morgan fingerprint density at radius 3 is 2.41 bits per heavy atom. The molecule has 0 aliphatic rings. The molecular formula is C15H12F2N2O2S. The second kappa shape index (κ2) is 6.54. The molecule has 0 aliphatic heterocycles. The summed E-state index contributed by atoms with van der Waals surface area (Å²) in [5.41, 5.74) is 0.362. The highest BCUT2D eigenvalue weighted by Crippen LogP contribution is 2.33. The second-order valence-electron chi connectivity index (χ2n) is 4.32. The number of H-pyrrole nitrogens is 1. The van der Waals surface area contributed by atoms with E-state index in [9.17, 15) is 8.78 Å². The first-order valence-electron chi connectivity index (χ1n) is 6.19. The maximum atomic E-state index is 13.1. The number of methoxy groups -OCH3 is 2. The van der Waals surface area contributed by atoms with E-state index in [0.717, 1.165) is 0 Å². The van der Waals surface area contributed by atoms with Gasteiger partial charge in [0.25, 0.3) is 6.43 Å². The zero-order valence-corrected chi connectivity index (χ0v) is 12.6. The maximum Gasteiger partial charge on any atom is 0.265 e. The molecule has 0 spiro atoms. The maximum absolute atomic E-state index is 13.1. The molecule has 0 bridgehead atoms. The van der Waals surface area contributed by atoms with Crippen molar-refractivity contribution in [1.29, 1.82) is 5.26 Å². The standard InChI is InChI=1S/C15H12F2N2O2S/c1-20-12-4-3-8(5-13(12)21-2)11-6-9(14(16)17)10(7-18)15(22)19-11/h3-6,14H,1-2H3,(H,19,22). The van der Waals surface area contributed by atoms with E-state index in [1.165, 1.54) is 20.3 Å². The van der Waals surface area contributed by atoms with Gasteiger partial charge in [0.2, 0.25) is 0 Å². The smallest absolute Gasteiger partial charge is 0.265 e. The second-order valence-corrected chi connectivity index (χ2v) is 4.73. The molecule has 0 fully saturated rings. The summed E-state index contributed by atoms with van der Waals surface area (Å²) in [6.07, 6.45) is -2.79. The van der Waals surface area contributed by atoms with E-state index in [1.54, 1.807) is 24.3 Å². The SMILES string of the molecule is COc1ccc(-c2cc(C(F)F)c(C#N)c(=S)[nH]2)cc1OC. The lowest BCUT2D eigenvalue weighted by Crippen LogP contribution is -1.97. The number of halogens is 2. The highest BCUT2D eigenvalue weighted by Gasteiger charge is 2.17. The number of nitrogens with one attached hydrogen (secondary N) is 1. The van der Waals surface area contributed by atoms with E-state index in [-0.39, 0.29) is 10.2 Å². The minimum atomic E-state index is -2.79. The van der Waals surface area contributed by atoms with Crippen molar-refractivity contribution in [3.05, 3.63) is 40.0 Å². The molecule has 1 aromatic carbocycles. The Bertz CT molecular complexity index is 797. The Hall–Kier alpha value is -2.46. The quantitative estimate of drug-likeness (QED) is 0.856. The molecule has 2 aromatic rings. The average molecular weight is 322 g/mol. The normalized spacial score (nSPS) is 10.4. The number of aromatic amines is 1. The molecule has 0 saturated heterocycles.